The summed E-state index contributed by atoms with van der Waals surface area (Å²) in [7, 11) is 0. The van der Waals surface area contributed by atoms with Gasteiger partial charge >= 0.3 is 18.4 Å². The Morgan fingerprint density at radius 1 is 0.964 bits per heavy atom. The van der Waals surface area contributed by atoms with Crippen LogP contribution >= 0.6 is 0 Å². The molecular formula is C18H21F9O. The van der Waals surface area contributed by atoms with Crippen LogP contribution in [0.2, 0.25) is 0 Å². The molecule has 2 saturated carbocycles. The molecule has 0 spiro atoms. The Balaban J connectivity index is 2.15. The van der Waals surface area contributed by atoms with Crippen LogP contribution in [0.25, 0.3) is 0 Å². The Kier molecular flexibility index (Phi) is 6.83. The van der Waals surface area contributed by atoms with Crippen molar-refractivity contribution >= 4 is 0 Å². The third-order valence-electron chi connectivity index (χ3n) is 5.84. The summed E-state index contributed by atoms with van der Waals surface area (Å²) < 4.78 is 115. The van der Waals surface area contributed by atoms with Gasteiger partial charge in [0.15, 0.2) is 5.83 Å². The van der Waals surface area contributed by atoms with E-state index < -0.39 is 55.0 Å². The fraction of sp³-hybridized carbons (Fsp3) is 0.778. The first-order valence-electron chi connectivity index (χ1n) is 8.96. The lowest BCUT2D eigenvalue weighted by Gasteiger charge is -2.34. The number of halogens is 9. The molecule has 2 bridgehead atoms. The first kappa shape index (κ1) is 23.1. The lowest BCUT2D eigenvalue weighted by atomic mass is 9.84. The molecule has 2 fully saturated rings. The number of fused-ring (bicyclic) bond motifs is 2. The molecule has 0 amide bonds. The Bertz CT molecular complexity index is 587. The van der Waals surface area contributed by atoms with Crippen LogP contribution < -0.4 is 0 Å². The second kappa shape index (κ2) is 8.28. The van der Waals surface area contributed by atoms with E-state index in [0.29, 0.717) is 11.8 Å². The quantitative estimate of drug-likeness (QED) is 0.356. The molecule has 4 unspecified atom stereocenters. The molecule has 1 N–H and O–H groups in total. The smallest absolute Gasteiger partial charge is 0.374 e. The minimum Gasteiger partial charge on any atom is -0.374 e. The molecule has 0 radical (unpaired) electrons. The van der Waals surface area contributed by atoms with Gasteiger partial charge in [0.05, 0.1) is 0 Å². The Morgan fingerprint density at radius 2 is 1.57 bits per heavy atom. The molecule has 10 heteroatoms. The van der Waals surface area contributed by atoms with E-state index in [2.05, 4.69) is 0 Å². The number of allylic oxidation sites excluding steroid dienone is 3. The minimum atomic E-state index is -6.08. The maximum Gasteiger partial charge on any atom is 0.426 e. The second-order valence-corrected chi connectivity index (χ2v) is 7.80. The van der Waals surface area contributed by atoms with E-state index in [1.807, 2.05) is 0 Å². The van der Waals surface area contributed by atoms with Gasteiger partial charge in [0, 0.05) is 6.42 Å². The van der Waals surface area contributed by atoms with Gasteiger partial charge < -0.3 is 5.11 Å². The largest absolute Gasteiger partial charge is 0.426 e. The van der Waals surface area contributed by atoms with Crippen LogP contribution in [0.1, 0.15) is 44.9 Å². The third-order valence-corrected chi connectivity index (χ3v) is 5.84. The van der Waals surface area contributed by atoms with Crippen LogP contribution in [0.4, 0.5) is 39.5 Å². The maximum absolute atomic E-state index is 13.3. The minimum absolute atomic E-state index is 0.141. The van der Waals surface area contributed by atoms with Crippen molar-refractivity contribution in [3.05, 3.63) is 24.1 Å². The van der Waals surface area contributed by atoms with Crippen molar-refractivity contribution in [2.75, 3.05) is 0 Å². The summed E-state index contributed by atoms with van der Waals surface area (Å²) in [6, 6.07) is 0. The van der Waals surface area contributed by atoms with Crippen molar-refractivity contribution in [2.45, 2.75) is 62.9 Å². The van der Waals surface area contributed by atoms with Gasteiger partial charge in [0.1, 0.15) is 0 Å². The fourth-order valence-corrected chi connectivity index (χ4v) is 4.35. The van der Waals surface area contributed by atoms with Gasteiger partial charge in [-0.05, 0) is 55.8 Å². The molecule has 0 aromatic carbocycles. The van der Waals surface area contributed by atoms with E-state index in [4.69, 9.17) is 0 Å². The van der Waals surface area contributed by atoms with Crippen LogP contribution in [0.15, 0.2) is 24.1 Å². The van der Waals surface area contributed by atoms with E-state index in [1.54, 1.807) is 6.08 Å². The van der Waals surface area contributed by atoms with Crippen LogP contribution in [0.3, 0.4) is 0 Å². The average Bonchev–Trinajstić information content (AvgIpc) is 3.15. The normalized spacial score (nSPS) is 26.9. The van der Waals surface area contributed by atoms with Crippen molar-refractivity contribution in [1.29, 1.82) is 0 Å². The molecule has 0 aliphatic heterocycles. The SMILES string of the molecule is OC(CC(C/C=C/C1CC2CCC1C2)CC(F)=C(F)F)(C(F)(F)F)C(F)(F)F. The maximum atomic E-state index is 13.3. The van der Waals surface area contributed by atoms with Gasteiger partial charge in [-0.15, -0.1) is 0 Å². The van der Waals surface area contributed by atoms with Gasteiger partial charge in [-0.2, -0.15) is 35.1 Å². The molecule has 0 saturated heterocycles. The van der Waals surface area contributed by atoms with Gasteiger partial charge in [0.2, 0.25) is 0 Å². The predicted molar refractivity (Wildman–Crippen MR) is 82.8 cm³/mol. The van der Waals surface area contributed by atoms with E-state index in [0.717, 1.165) is 25.7 Å². The molecule has 1 nitrogen and oxygen atoms in total. The van der Waals surface area contributed by atoms with E-state index in [1.165, 1.54) is 6.08 Å². The lowest BCUT2D eigenvalue weighted by Crippen LogP contribution is -2.57. The zero-order chi connectivity index (χ0) is 21.3. The van der Waals surface area contributed by atoms with Crippen LogP contribution in [0.5, 0.6) is 0 Å². The second-order valence-electron chi connectivity index (χ2n) is 7.80. The topological polar surface area (TPSA) is 20.2 Å². The first-order valence-corrected chi connectivity index (χ1v) is 8.96. The summed E-state index contributed by atoms with van der Waals surface area (Å²) in [6.45, 7) is 0. The van der Waals surface area contributed by atoms with E-state index in [9.17, 15) is 44.6 Å². The molecule has 4 atom stereocenters. The Labute approximate surface area is 156 Å². The first-order chi connectivity index (χ1) is 12.7. The van der Waals surface area contributed by atoms with Crippen molar-refractivity contribution in [3.63, 3.8) is 0 Å². The predicted octanol–water partition coefficient (Wildman–Crippen LogP) is 6.70. The summed E-state index contributed by atoms with van der Waals surface area (Å²) in [6.07, 6.45) is -11.7. The monoisotopic (exact) mass is 424 g/mol. The summed E-state index contributed by atoms with van der Waals surface area (Å²) >= 11 is 0. The van der Waals surface area contributed by atoms with E-state index >= 15 is 0 Å². The molecular weight excluding hydrogens is 403 g/mol. The van der Waals surface area contributed by atoms with Crippen LogP contribution in [0, 0.1) is 23.7 Å². The third kappa shape index (κ3) is 5.04. The molecule has 2 aliphatic rings. The van der Waals surface area contributed by atoms with Crippen molar-refractivity contribution in [3.8, 4) is 0 Å². The molecule has 2 aliphatic carbocycles. The van der Waals surface area contributed by atoms with Crippen LogP contribution in [-0.2, 0) is 0 Å². The Morgan fingerprint density at radius 3 is 2.00 bits per heavy atom. The van der Waals surface area contributed by atoms with Crippen molar-refractivity contribution in [1.82, 2.24) is 0 Å². The molecule has 162 valence electrons. The number of alkyl halides is 6. The van der Waals surface area contributed by atoms with Gasteiger partial charge in [-0.1, -0.05) is 18.6 Å². The summed E-state index contributed by atoms with van der Waals surface area (Å²) in [5, 5.41) is 9.30. The highest BCUT2D eigenvalue weighted by Gasteiger charge is 2.70. The van der Waals surface area contributed by atoms with Crippen LogP contribution in [-0.4, -0.2) is 23.1 Å². The van der Waals surface area contributed by atoms with Crippen molar-refractivity contribution in [2.24, 2.45) is 23.7 Å². The standard InChI is InChI=1S/C18H21F9O/c19-14(15(20)21)8-11(9-16(28,17(22,23)24)18(25,26)27)2-1-3-12-6-10-4-5-13(12)7-10/h1,3,10-13,28H,2,4-9H2/b3-1+. The highest BCUT2D eigenvalue weighted by atomic mass is 19.4. The van der Waals surface area contributed by atoms with Crippen molar-refractivity contribution < 1.29 is 44.6 Å². The van der Waals surface area contributed by atoms with E-state index in [-0.39, 0.29) is 5.92 Å². The molecule has 0 aromatic heterocycles. The average molecular weight is 424 g/mol. The summed E-state index contributed by atoms with van der Waals surface area (Å²) in [5.74, 6) is -2.78. The fourth-order valence-electron chi connectivity index (χ4n) is 4.35. The lowest BCUT2D eigenvalue weighted by molar-refractivity contribution is -0.372. The molecule has 0 heterocycles. The number of hydrogen-bond donors (Lipinski definition) is 1. The molecule has 2 rings (SSSR count). The highest BCUT2D eigenvalue weighted by Crippen LogP contribution is 2.50. The van der Waals surface area contributed by atoms with Gasteiger partial charge in [-0.3, -0.25) is 0 Å². The van der Waals surface area contributed by atoms with Gasteiger partial charge in [-0.25, -0.2) is 4.39 Å². The number of rotatable bonds is 7. The Hall–Kier alpha value is -1.19. The summed E-state index contributed by atoms with van der Waals surface area (Å²) in [5.41, 5.74) is -5.10. The zero-order valence-electron chi connectivity index (χ0n) is 14.8. The van der Waals surface area contributed by atoms with Gasteiger partial charge in [0.25, 0.3) is 5.60 Å². The summed E-state index contributed by atoms with van der Waals surface area (Å²) in [4.78, 5) is 0. The molecule has 0 aromatic rings. The molecule has 28 heavy (non-hydrogen) atoms. The number of aliphatic hydroxyl groups is 1. The zero-order valence-corrected chi connectivity index (χ0v) is 14.8. The highest BCUT2D eigenvalue weighted by molar-refractivity contribution is 5.04. The number of hydrogen-bond acceptors (Lipinski definition) is 1.